The van der Waals surface area contributed by atoms with Gasteiger partial charge in [-0.15, -0.1) is 11.8 Å². The molecule has 0 aromatic heterocycles. The third kappa shape index (κ3) is 2.10. The molecule has 0 aliphatic carbocycles. The Balaban J connectivity index is 2.41. The van der Waals surface area contributed by atoms with E-state index < -0.39 is 0 Å². The zero-order chi connectivity index (χ0) is 9.97. The van der Waals surface area contributed by atoms with E-state index in [-0.39, 0.29) is 0 Å². The van der Waals surface area contributed by atoms with Crippen molar-refractivity contribution in [2.24, 2.45) is 0 Å². The molecule has 1 heteroatoms. The Hall–Kier alpha value is -0.950. The molecule has 0 N–H and O–H groups in total. The van der Waals surface area contributed by atoms with Crippen molar-refractivity contribution in [2.45, 2.75) is 24.0 Å². The number of hydrogen-bond donors (Lipinski definition) is 0. The second-order valence-electron chi connectivity index (χ2n) is 3.59. The minimum atomic E-state index is 0.635. The number of fused-ring (bicyclic) bond motifs is 1. The third-order valence-electron chi connectivity index (χ3n) is 2.01. The van der Waals surface area contributed by atoms with Crippen LogP contribution < -0.4 is 0 Å². The minimum absolute atomic E-state index is 0.635. The van der Waals surface area contributed by atoms with Crippen molar-refractivity contribution in [1.82, 2.24) is 0 Å². The van der Waals surface area contributed by atoms with Gasteiger partial charge in [0.1, 0.15) is 0 Å². The van der Waals surface area contributed by atoms with Crippen LogP contribution in [-0.4, -0.2) is 5.25 Å². The summed E-state index contributed by atoms with van der Waals surface area (Å²) in [4.78, 5) is 1.33. The van der Waals surface area contributed by atoms with E-state index in [4.69, 9.17) is 0 Å². The molecule has 1 radical (unpaired) electrons. The van der Waals surface area contributed by atoms with Crippen LogP contribution in [0.1, 0.15) is 13.8 Å². The fourth-order valence-electron chi connectivity index (χ4n) is 1.44. The van der Waals surface area contributed by atoms with Gasteiger partial charge in [0.05, 0.1) is 0 Å². The lowest BCUT2D eigenvalue weighted by atomic mass is 10.1. The van der Waals surface area contributed by atoms with Crippen LogP contribution in [0.2, 0.25) is 0 Å². The van der Waals surface area contributed by atoms with Crippen molar-refractivity contribution in [1.29, 1.82) is 0 Å². The van der Waals surface area contributed by atoms with E-state index in [2.05, 4.69) is 44.2 Å². The second-order valence-corrected chi connectivity index (χ2v) is 5.24. The average Bonchev–Trinajstić information content (AvgIpc) is 2.17. The summed E-state index contributed by atoms with van der Waals surface area (Å²) in [5.41, 5.74) is 0. The van der Waals surface area contributed by atoms with Crippen molar-refractivity contribution in [3.05, 3.63) is 42.5 Å². The van der Waals surface area contributed by atoms with Gasteiger partial charge in [0.25, 0.3) is 0 Å². The highest BCUT2D eigenvalue weighted by Crippen LogP contribution is 2.26. The Kier molecular flexibility index (Phi) is 2.78. The van der Waals surface area contributed by atoms with E-state index in [1.54, 1.807) is 0 Å². The van der Waals surface area contributed by atoms with Gasteiger partial charge >= 0.3 is 0 Å². The quantitative estimate of drug-likeness (QED) is 0.658. The highest BCUT2D eigenvalue weighted by molar-refractivity contribution is 7.99. The molecule has 2 aromatic carbocycles. The predicted molar refractivity (Wildman–Crippen MR) is 63.8 cm³/mol. The summed E-state index contributed by atoms with van der Waals surface area (Å²) >= 11 is 1.89. The van der Waals surface area contributed by atoms with E-state index in [1.165, 1.54) is 15.7 Å². The SMILES string of the molecule is CC(C)Sc1ccc2ccc[c]c2c1. The topological polar surface area (TPSA) is 0 Å². The first-order valence-corrected chi connectivity index (χ1v) is 5.71. The van der Waals surface area contributed by atoms with Gasteiger partial charge in [-0.05, 0) is 29.0 Å². The molecule has 0 amide bonds. The number of rotatable bonds is 2. The zero-order valence-electron chi connectivity index (χ0n) is 8.45. The van der Waals surface area contributed by atoms with Gasteiger partial charge in [-0.25, -0.2) is 0 Å². The van der Waals surface area contributed by atoms with Gasteiger partial charge in [-0.1, -0.05) is 38.1 Å². The molecule has 0 saturated carbocycles. The van der Waals surface area contributed by atoms with Gasteiger partial charge in [-0.3, -0.25) is 0 Å². The second kappa shape index (κ2) is 4.05. The Labute approximate surface area is 89.3 Å². The van der Waals surface area contributed by atoms with Crippen LogP contribution in [0, 0.1) is 6.07 Å². The van der Waals surface area contributed by atoms with Crippen LogP contribution in [0.5, 0.6) is 0 Å². The molecule has 2 rings (SSSR count). The average molecular weight is 201 g/mol. The lowest BCUT2D eigenvalue weighted by molar-refractivity contribution is 1.11. The van der Waals surface area contributed by atoms with Crippen LogP contribution in [0.3, 0.4) is 0 Å². The molecule has 0 heterocycles. The van der Waals surface area contributed by atoms with Crippen LogP contribution >= 0.6 is 11.8 Å². The molecule has 0 unspecified atom stereocenters. The number of benzene rings is 2. The lowest BCUT2D eigenvalue weighted by Crippen LogP contribution is -1.85. The van der Waals surface area contributed by atoms with Crippen LogP contribution in [0.25, 0.3) is 10.8 Å². The van der Waals surface area contributed by atoms with Crippen molar-refractivity contribution in [3.63, 3.8) is 0 Å². The third-order valence-corrected chi connectivity index (χ3v) is 3.00. The van der Waals surface area contributed by atoms with Crippen LogP contribution in [0.15, 0.2) is 41.3 Å². The smallest absolute Gasteiger partial charge is 0.00811 e. The van der Waals surface area contributed by atoms with Gasteiger partial charge in [-0.2, -0.15) is 0 Å². The summed E-state index contributed by atoms with van der Waals surface area (Å²) in [6, 6.07) is 15.9. The number of thioether (sulfide) groups is 1. The summed E-state index contributed by atoms with van der Waals surface area (Å²) in [6.45, 7) is 4.42. The highest BCUT2D eigenvalue weighted by atomic mass is 32.2. The largest absolute Gasteiger partial charge is 0.123 e. The Morgan fingerprint density at radius 3 is 2.86 bits per heavy atom. The van der Waals surface area contributed by atoms with Gasteiger partial charge in [0.2, 0.25) is 0 Å². The fourth-order valence-corrected chi connectivity index (χ4v) is 2.32. The zero-order valence-corrected chi connectivity index (χ0v) is 9.27. The molecule has 0 fully saturated rings. The Morgan fingerprint density at radius 1 is 1.21 bits per heavy atom. The van der Waals surface area contributed by atoms with Crippen molar-refractivity contribution in [2.75, 3.05) is 0 Å². The molecule has 0 bridgehead atoms. The standard InChI is InChI=1S/C13H13S/c1-10(2)14-13-8-7-11-5-3-4-6-12(11)9-13/h3-5,7-10H,1-2H3. The summed E-state index contributed by atoms with van der Waals surface area (Å²) in [6.07, 6.45) is 0. The van der Waals surface area contributed by atoms with Crippen molar-refractivity contribution < 1.29 is 0 Å². The summed E-state index contributed by atoms with van der Waals surface area (Å²) in [7, 11) is 0. The molecule has 0 saturated heterocycles. The summed E-state index contributed by atoms with van der Waals surface area (Å²) in [5.74, 6) is 0. The minimum Gasteiger partial charge on any atom is -0.123 e. The molecular weight excluding hydrogens is 188 g/mol. The molecule has 0 spiro atoms. The Bertz CT molecular complexity index is 432. The monoisotopic (exact) mass is 201 g/mol. The van der Waals surface area contributed by atoms with E-state index in [9.17, 15) is 0 Å². The molecule has 0 nitrogen and oxygen atoms in total. The highest BCUT2D eigenvalue weighted by Gasteiger charge is 1.99. The molecule has 2 aromatic rings. The molecule has 14 heavy (non-hydrogen) atoms. The molecule has 0 aliphatic rings. The predicted octanol–water partition coefficient (Wildman–Crippen LogP) is 4.14. The van der Waals surface area contributed by atoms with Crippen molar-refractivity contribution in [3.8, 4) is 0 Å². The first kappa shape index (κ1) is 9.60. The molecule has 0 atom stereocenters. The maximum Gasteiger partial charge on any atom is 0.00811 e. The molecule has 71 valence electrons. The molecular formula is C13H13S. The van der Waals surface area contributed by atoms with Gasteiger partial charge in [0.15, 0.2) is 0 Å². The van der Waals surface area contributed by atoms with Gasteiger partial charge < -0.3 is 0 Å². The first-order chi connectivity index (χ1) is 6.75. The van der Waals surface area contributed by atoms with E-state index in [0.717, 1.165) is 0 Å². The van der Waals surface area contributed by atoms with E-state index in [0.29, 0.717) is 5.25 Å². The number of hydrogen-bond acceptors (Lipinski definition) is 1. The maximum atomic E-state index is 3.25. The normalized spacial score (nSPS) is 11.1. The first-order valence-electron chi connectivity index (χ1n) is 4.83. The van der Waals surface area contributed by atoms with E-state index in [1.807, 2.05) is 23.9 Å². The van der Waals surface area contributed by atoms with Crippen LogP contribution in [0.4, 0.5) is 0 Å². The van der Waals surface area contributed by atoms with E-state index >= 15 is 0 Å². The molecule has 0 aliphatic heterocycles. The van der Waals surface area contributed by atoms with Crippen molar-refractivity contribution >= 4 is 22.5 Å². The summed E-state index contributed by atoms with van der Waals surface area (Å²) < 4.78 is 0. The van der Waals surface area contributed by atoms with Crippen LogP contribution in [-0.2, 0) is 0 Å². The summed E-state index contributed by atoms with van der Waals surface area (Å²) in [5, 5.41) is 3.11. The lowest BCUT2D eigenvalue weighted by Gasteiger charge is -2.05. The van der Waals surface area contributed by atoms with Gasteiger partial charge in [0, 0.05) is 10.1 Å². The fraction of sp³-hybridized carbons (Fsp3) is 0.231. The Morgan fingerprint density at radius 2 is 2.07 bits per heavy atom. The maximum absolute atomic E-state index is 3.25.